The van der Waals surface area contributed by atoms with Gasteiger partial charge < -0.3 is 14.2 Å². The third-order valence-corrected chi connectivity index (χ3v) is 6.37. The van der Waals surface area contributed by atoms with Crippen LogP contribution in [0.15, 0.2) is 38.0 Å². The monoisotopic (exact) mass is 934 g/mol. The zero-order chi connectivity index (χ0) is 47.7. The van der Waals surface area contributed by atoms with E-state index in [9.17, 15) is 75.8 Å². The van der Waals surface area contributed by atoms with E-state index in [1.807, 2.05) is 0 Å². The number of carbonyl (C=O) groups is 3. The van der Waals surface area contributed by atoms with Gasteiger partial charge in [-0.15, -0.1) is 0 Å². The van der Waals surface area contributed by atoms with Crippen molar-refractivity contribution in [3.05, 3.63) is 38.0 Å². The number of rotatable bonds is 20. The Bertz CT molecular complexity index is 1420. The number of hydrogen-bond donors (Lipinski definition) is 0. The number of hydrogen-bond acceptors (Lipinski definition) is 9. The molecule has 344 valence electrons. The molecule has 9 nitrogen and oxygen atoms in total. The standard InChI is InChI=1S/C25H15F25O9/c1-4-10(51)54-7-13(26,19(33,34)35)57-23(45,46)16(17(29,30)18(31,32)22(42,43)44,24(47,48)58-14(27,20(36,37)38)8-55-11(52)5-2)25(49,50)59-15(28,21(39,40)41)9-56-12(53)6-3/h4-6H,1-3,7-9H2. The maximum atomic E-state index is 15.8. The van der Waals surface area contributed by atoms with Crippen LogP contribution < -0.4 is 0 Å². The average molecular weight is 934 g/mol. The van der Waals surface area contributed by atoms with Crippen molar-refractivity contribution in [3.8, 4) is 0 Å². The van der Waals surface area contributed by atoms with Crippen LogP contribution in [-0.2, 0) is 42.8 Å². The third-order valence-electron chi connectivity index (χ3n) is 6.37. The highest BCUT2D eigenvalue weighted by atomic mass is 19.4. The van der Waals surface area contributed by atoms with E-state index in [0.29, 0.717) is 0 Å². The summed E-state index contributed by atoms with van der Waals surface area (Å²) in [6.07, 6.45) is -62.7. The van der Waals surface area contributed by atoms with Gasteiger partial charge in [0.05, 0.1) is 0 Å². The zero-order valence-corrected chi connectivity index (χ0v) is 27.1. The predicted molar refractivity (Wildman–Crippen MR) is 130 cm³/mol. The molecule has 0 aliphatic heterocycles. The van der Waals surface area contributed by atoms with E-state index in [1.165, 1.54) is 0 Å². The van der Waals surface area contributed by atoms with Crippen LogP contribution in [0.3, 0.4) is 0 Å². The number of carbonyl (C=O) groups excluding carboxylic acids is 3. The van der Waals surface area contributed by atoms with Crippen molar-refractivity contribution in [2.75, 3.05) is 19.8 Å². The normalized spacial score (nSPS) is 18.3. The topological polar surface area (TPSA) is 107 Å². The summed E-state index contributed by atoms with van der Waals surface area (Å²) in [5.74, 6) is -49.9. The van der Waals surface area contributed by atoms with Crippen molar-refractivity contribution >= 4 is 17.9 Å². The van der Waals surface area contributed by atoms with Crippen LogP contribution >= 0.6 is 0 Å². The fourth-order valence-corrected chi connectivity index (χ4v) is 3.49. The Hall–Kier alpha value is -4.24. The molecular formula is C25H15F25O9. The molecule has 59 heavy (non-hydrogen) atoms. The van der Waals surface area contributed by atoms with Gasteiger partial charge in [0.2, 0.25) is 0 Å². The second-order valence-electron chi connectivity index (χ2n) is 10.4. The van der Waals surface area contributed by atoms with E-state index >= 15 is 48.3 Å². The number of ether oxygens (including phenoxy) is 6. The Labute approximate surface area is 307 Å². The first-order valence-electron chi connectivity index (χ1n) is 13.4. The molecule has 0 fully saturated rings. The summed E-state index contributed by atoms with van der Waals surface area (Å²) in [6.45, 7) is -4.96. The summed E-state index contributed by atoms with van der Waals surface area (Å²) in [6, 6.07) is 0. The van der Waals surface area contributed by atoms with Crippen LogP contribution in [0.4, 0.5) is 110 Å². The molecule has 0 radical (unpaired) electrons. The van der Waals surface area contributed by atoms with Crippen molar-refractivity contribution in [2.45, 2.75) is 72.4 Å². The van der Waals surface area contributed by atoms with E-state index in [2.05, 4.69) is 33.9 Å². The first-order valence-corrected chi connectivity index (χ1v) is 13.4. The van der Waals surface area contributed by atoms with Gasteiger partial charge in [0, 0.05) is 18.2 Å². The van der Waals surface area contributed by atoms with Gasteiger partial charge in [-0.2, -0.15) is 110 Å². The zero-order valence-electron chi connectivity index (χ0n) is 27.1. The van der Waals surface area contributed by atoms with E-state index in [-0.39, 0.29) is 0 Å². The molecule has 3 atom stereocenters. The molecule has 34 heteroatoms. The van der Waals surface area contributed by atoms with Gasteiger partial charge >= 0.3 is 95.8 Å². The predicted octanol–water partition coefficient (Wildman–Crippen LogP) is 8.51. The fraction of sp³-hybridized carbons (Fsp3) is 0.640. The molecule has 0 amide bonds. The maximum absolute atomic E-state index is 15.8. The van der Waals surface area contributed by atoms with Crippen molar-refractivity contribution < 1.29 is 153 Å². The van der Waals surface area contributed by atoms with Gasteiger partial charge in [-0.1, -0.05) is 19.7 Å². The van der Waals surface area contributed by atoms with E-state index < -0.39 is 134 Å². The molecule has 0 aromatic carbocycles. The van der Waals surface area contributed by atoms with Gasteiger partial charge in [0.1, 0.15) is 0 Å². The van der Waals surface area contributed by atoms with Crippen LogP contribution in [0.1, 0.15) is 0 Å². The minimum Gasteiger partial charge on any atom is -0.456 e. The lowest BCUT2D eigenvalue weighted by Gasteiger charge is -2.53. The minimum absolute atomic E-state index is 0.449. The maximum Gasteiger partial charge on any atom is 0.459 e. The summed E-state index contributed by atoms with van der Waals surface area (Å²) in [5.41, 5.74) is -10.3. The highest BCUT2D eigenvalue weighted by Crippen LogP contribution is 2.72. The first-order chi connectivity index (χ1) is 25.7. The lowest BCUT2D eigenvalue weighted by atomic mass is 9.73. The van der Waals surface area contributed by atoms with Crippen molar-refractivity contribution in [2.24, 2.45) is 5.41 Å². The lowest BCUT2D eigenvalue weighted by molar-refractivity contribution is -0.599. The molecule has 0 saturated carbocycles. The molecule has 0 heterocycles. The highest BCUT2D eigenvalue weighted by Gasteiger charge is 3.02. The van der Waals surface area contributed by atoms with Gasteiger partial charge in [0.15, 0.2) is 19.8 Å². The molecular weight excluding hydrogens is 919 g/mol. The molecule has 0 aliphatic rings. The molecule has 0 rings (SSSR count). The summed E-state index contributed by atoms with van der Waals surface area (Å²) in [4.78, 5) is 33.3. The fourth-order valence-electron chi connectivity index (χ4n) is 3.49. The second kappa shape index (κ2) is 16.7. The Morgan fingerprint density at radius 2 is 0.559 bits per heavy atom. The smallest absolute Gasteiger partial charge is 0.456 e. The summed E-state index contributed by atoms with van der Waals surface area (Å²) >= 11 is 0. The Morgan fingerprint density at radius 3 is 0.712 bits per heavy atom. The summed E-state index contributed by atoms with van der Waals surface area (Å²) in [7, 11) is 0. The quantitative estimate of drug-likeness (QED) is 0.0515. The molecule has 3 unspecified atom stereocenters. The van der Waals surface area contributed by atoms with Crippen LogP contribution in [0.5, 0.6) is 0 Å². The van der Waals surface area contributed by atoms with E-state index in [0.717, 1.165) is 0 Å². The third kappa shape index (κ3) is 10.2. The second-order valence-corrected chi connectivity index (χ2v) is 10.4. The Balaban J connectivity index is 9.43. The van der Waals surface area contributed by atoms with Crippen LogP contribution in [0, 0.1) is 5.41 Å². The Kier molecular flexibility index (Phi) is 15.5. The summed E-state index contributed by atoms with van der Waals surface area (Å²) < 4.78 is 377. The van der Waals surface area contributed by atoms with E-state index in [1.54, 1.807) is 14.2 Å². The van der Waals surface area contributed by atoms with E-state index in [4.69, 9.17) is 0 Å². The van der Waals surface area contributed by atoms with Crippen LogP contribution in [0.2, 0.25) is 0 Å². The molecule has 0 aliphatic carbocycles. The lowest BCUT2D eigenvalue weighted by Crippen LogP contribution is -2.81. The van der Waals surface area contributed by atoms with Crippen molar-refractivity contribution in [3.63, 3.8) is 0 Å². The first kappa shape index (κ1) is 54.8. The number of esters is 3. The van der Waals surface area contributed by atoms with Gasteiger partial charge in [-0.05, 0) is 0 Å². The van der Waals surface area contributed by atoms with Crippen molar-refractivity contribution in [1.29, 1.82) is 0 Å². The highest BCUT2D eigenvalue weighted by molar-refractivity contribution is 5.81. The molecule has 0 bridgehead atoms. The average Bonchev–Trinajstić information content (AvgIpc) is 3.01. The SMILES string of the molecule is C=CC(=O)OCC(F)(OC(F)(F)C(C(F)(F)OC(F)(COC(=O)C=C)C(F)(F)F)(C(F)(F)OC(F)(COC(=O)C=C)C(F)(F)F)C(F)(F)C(F)(F)C(F)(F)F)C(F)(F)F. The van der Waals surface area contributed by atoms with Gasteiger partial charge in [-0.3, -0.25) is 14.2 Å². The van der Waals surface area contributed by atoms with Crippen LogP contribution in [-0.4, -0.2) is 110 Å². The van der Waals surface area contributed by atoms with Gasteiger partial charge in [-0.25, -0.2) is 14.4 Å². The van der Waals surface area contributed by atoms with Crippen molar-refractivity contribution in [1.82, 2.24) is 0 Å². The molecule has 0 saturated heterocycles. The number of alkyl halides is 25. The molecule has 0 aromatic rings. The van der Waals surface area contributed by atoms with Gasteiger partial charge in [0.25, 0.3) is 0 Å². The summed E-state index contributed by atoms with van der Waals surface area (Å²) in [5, 5.41) is 0. The van der Waals surface area contributed by atoms with Crippen LogP contribution in [0.25, 0.3) is 0 Å². The molecule has 0 aromatic heterocycles. The Morgan fingerprint density at radius 1 is 0.356 bits per heavy atom. The molecule has 0 spiro atoms. The number of halogens is 25. The largest absolute Gasteiger partial charge is 0.459 e. The molecule has 0 N–H and O–H groups in total. The minimum atomic E-state index is -10.3.